The monoisotopic (exact) mass is 256 g/mol. The van der Waals surface area contributed by atoms with Gasteiger partial charge < -0.3 is 10.7 Å². The molecule has 0 spiro atoms. The van der Waals surface area contributed by atoms with Crippen LogP contribution in [0.4, 0.5) is 11.4 Å². The standard InChI is InChI=1S/C14H16N4O/c1-9-4-3-5-11(6-9)17-14(19)12-8-16-10(2)7-13(12)18-15/h3-8H,15H2,1-2H3,(H,16,18)(H,17,19). The molecule has 5 heteroatoms. The molecule has 2 aromatic rings. The van der Waals surface area contributed by atoms with Crippen molar-refractivity contribution in [3.8, 4) is 0 Å². The van der Waals surface area contributed by atoms with E-state index in [9.17, 15) is 4.79 Å². The lowest BCUT2D eigenvalue weighted by Gasteiger charge is -2.10. The minimum absolute atomic E-state index is 0.244. The number of nitrogen functional groups attached to an aromatic ring is 1. The van der Waals surface area contributed by atoms with Crippen LogP contribution in [0.3, 0.4) is 0 Å². The van der Waals surface area contributed by atoms with Crippen LogP contribution in [0.15, 0.2) is 36.5 Å². The fourth-order valence-corrected chi connectivity index (χ4v) is 1.78. The normalized spacial score (nSPS) is 10.1. The van der Waals surface area contributed by atoms with Crippen molar-refractivity contribution in [2.75, 3.05) is 10.7 Å². The summed E-state index contributed by atoms with van der Waals surface area (Å²) >= 11 is 0. The van der Waals surface area contributed by atoms with Crippen LogP contribution in [0.1, 0.15) is 21.6 Å². The Labute approximate surface area is 111 Å². The van der Waals surface area contributed by atoms with Gasteiger partial charge in [0.2, 0.25) is 0 Å². The van der Waals surface area contributed by atoms with Gasteiger partial charge in [0.25, 0.3) is 5.91 Å². The van der Waals surface area contributed by atoms with Gasteiger partial charge in [-0.15, -0.1) is 0 Å². The highest BCUT2D eigenvalue weighted by Crippen LogP contribution is 2.17. The Bertz CT molecular complexity index is 610. The molecule has 1 amide bonds. The van der Waals surface area contributed by atoms with E-state index >= 15 is 0 Å². The number of rotatable bonds is 3. The van der Waals surface area contributed by atoms with Gasteiger partial charge in [0, 0.05) is 17.6 Å². The number of nitrogens with zero attached hydrogens (tertiary/aromatic N) is 1. The van der Waals surface area contributed by atoms with Crippen molar-refractivity contribution < 1.29 is 4.79 Å². The second kappa shape index (κ2) is 5.49. The molecule has 0 fully saturated rings. The molecule has 0 saturated carbocycles. The van der Waals surface area contributed by atoms with E-state index in [-0.39, 0.29) is 5.91 Å². The molecule has 1 aromatic heterocycles. The Morgan fingerprint density at radius 1 is 1.26 bits per heavy atom. The molecule has 0 aliphatic heterocycles. The van der Waals surface area contributed by atoms with E-state index in [0.717, 1.165) is 16.9 Å². The SMILES string of the molecule is Cc1cccc(NC(=O)c2cnc(C)cc2NN)c1. The Morgan fingerprint density at radius 3 is 2.74 bits per heavy atom. The Balaban J connectivity index is 2.25. The summed E-state index contributed by atoms with van der Waals surface area (Å²) in [6.45, 7) is 3.80. The molecule has 0 aliphatic rings. The average Bonchev–Trinajstić information content (AvgIpc) is 2.38. The van der Waals surface area contributed by atoms with Gasteiger partial charge in [-0.25, -0.2) is 0 Å². The number of hydrogen-bond donors (Lipinski definition) is 3. The lowest BCUT2D eigenvalue weighted by Crippen LogP contribution is -2.18. The molecular formula is C14H16N4O. The summed E-state index contributed by atoms with van der Waals surface area (Å²) < 4.78 is 0. The highest BCUT2D eigenvalue weighted by Gasteiger charge is 2.12. The van der Waals surface area contributed by atoms with Crippen LogP contribution in [-0.2, 0) is 0 Å². The van der Waals surface area contributed by atoms with Crippen LogP contribution in [0.2, 0.25) is 0 Å². The smallest absolute Gasteiger partial charge is 0.259 e. The fourth-order valence-electron chi connectivity index (χ4n) is 1.78. The zero-order valence-corrected chi connectivity index (χ0v) is 10.9. The van der Waals surface area contributed by atoms with Crippen LogP contribution in [0.5, 0.6) is 0 Å². The summed E-state index contributed by atoms with van der Waals surface area (Å²) in [6.07, 6.45) is 1.51. The molecule has 0 unspecified atom stereocenters. The molecular weight excluding hydrogens is 240 g/mol. The molecule has 0 atom stereocenters. The molecule has 0 aliphatic carbocycles. The highest BCUT2D eigenvalue weighted by molar-refractivity contribution is 6.07. The van der Waals surface area contributed by atoms with Crippen LogP contribution in [0.25, 0.3) is 0 Å². The number of hydrogen-bond acceptors (Lipinski definition) is 4. The maximum absolute atomic E-state index is 12.2. The third-order valence-electron chi connectivity index (χ3n) is 2.72. The predicted molar refractivity (Wildman–Crippen MR) is 75.9 cm³/mol. The van der Waals surface area contributed by atoms with Crippen molar-refractivity contribution in [3.63, 3.8) is 0 Å². The zero-order chi connectivity index (χ0) is 13.8. The van der Waals surface area contributed by atoms with Gasteiger partial charge in [0.15, 0.2) is 0 Å². The lowest BCUT2D eigenvalue weighted by atomic mass is 10.2. The Hall–Kier alpha value is -2.40. The van der Waals surface area contributed by atoms with Crippen molar-refractivity contribution in [1.82, 2.24) is 4.98 Å². The molecule has 1 aromatic carbocycles. The number of carbonyl (C=O) groups excluding carboxylic acids is 1. The van der Waals surface area contributed by atoms with Crippen molar-refractivity contribution in [3.05, 3.63) is 53.3 Å². The second-order valence-corrected chi connectivity index (χ2v) is 4.34. The predicted octanol–water partition coefficient (Wildman–Crippen LogP) is 2.24. The van der Waals surface area contributed by atoms with Crippen molar-refractivity contribution >= 4 is 17.3 Å². The summed E-state index contributed by atoms with van der Waals surface area (Å²) in [5.41, 5.74) is 6.09. The summed E-state index contributed by atoms with van der Waals surface area (Å²) in [4.78, 5) is 16.3. The van der Waals surface area contributed by atoms with E-state index in [1.807, 2.05) is 38.1 Å². The molecule has 0 saturated heterocycles. The number of carbonyl (C=O) groups is 1. The van der Waals surface area contributed by atoms with Gasteiger partial charge in [-0.3, -0.25) is 15.6 Å². The topological polar surface area (TPSA) is 80.0 Å². The number of anilines is 2. The minimum atomic E-state index is -0.244. The first-order chi connectivity index (χ1) is 9.10. The van der Waals surface area contributed by atoms with Crippen LogP contribution in [0, 0.1) is 13.8 Å². The van der Waals surface area contributed by atoms with Gasteiger partial charge >= 0.3 is 0 Å². The van der Waals surface area contributed by atoms with Gasteiger partial charge in [-0.2, -0.15) is 0 Å². The Kier molecular flexibility index (Phi) is 3.77. The molecule has 98 valence electrons. The minimum Gasteiger partial charge on any atom is -0.323 e. The number of pyridine rings is 1. The quantitative estimate of drug-likeness (QED) is 0.581. The van der Waals surface area contributed by atoms with Gasteiger partial charge in [-0.05, 0) is 37.6 Å². The molecule has 0 bridgehead atoms. The summed E-state index contributed by atoms with van der Waals surface area (Å²) in [5.74, 6) is 5.17. The number of amides is 1. The molecule has 1 heterocycles. The van der Waals surface area contributed by atoms with Crippen LogP contribution >= 0.6 is 0 Å². The number of nitrogens with one attached hydrogen (secondary N) is 2. The van der Waals surface area contributed by atoms with Crippen molar-refractivity contribution in [2.45, 2.75) is 13.8 Å². The number of nitrogens with two attached hydrogens (primary N) is 1. The van der Waals surface area contributed by atoms with Crippen LogP contribution in [-0.4, -0.2) is 10.9 Å². The third kappa shape index (κ3) is 3.08. The van der Waals surface area contributed by atoms with Gasteiger partial charge in [0.1, 0.15) is 0 Å². The average molecular weight is 256 g/mol. The first kappa shape index (κ1) is 13.0. The summed E-state index contributed by atoms with van der Waals surface area (Å²) in [7, 11) is 0. The third-order valence-corrected chi connectivity index (χ3v) is 2.72. The number of aryl methyl sites for hydroxylation is 2. The Morgan fingerprint density at radius 2 is 2.05 bits per heavy atom. The zero-order valence-electron chi connectivity index (χ0n) is 10.9. The summed E-state index contributed by atoms with van der Waals surface area (Å²) in [5, 5.41) is 2.82. The first-order valence-electron chi connectivity index (χ1n) is 5.91. The van der Waals surface area contributed by atoms with E-state index in [2.05, 4.69) is 15.7 Å². The number of benzene rings is 1. The van der Waals surface area contributed by atoms with Gasteiger partial charge in [0.05, 0.1) is 11.3 Å². The molecule has 19 heavy (non-hydrogen) atoms. The maximum atomic E-state index is 12.2. The molecule has 5 nitrogen and oxygen atoms in total. The highest BCUT2D eigenvalue weighted by atomic mass is 16.1. The molecule has 0 radical (unpaired) electrons. The first-order valence-corrected chi connectivity index (χ1v) is 5.91. The second-order valence-electron chi connectivity index (χ2n) is 4.34. The van der Waals surface area contributed by atoms with Gasteiger partial charge in [-0.1, -0.05) is 12.1 Å². The number of aromatic nitrogens is 1. The molecule has 2 rings (SSSR count). The number of hydrazine groups is 1. The van der Waals surface area contributed by atoms with Crippen LogP contribution < -0.4 is 16.6 Å². The largest absolute Gasteiger partial charge is 0.323 e. The molecule has 4 N–H and O–H groups in total. The van der Waals surface area contributed by atoms with E-state index in [1.54, 1.807) is 6.07 Å². The summed E-state index contributed by atoms with van der Waals surface area (Å²) in [6, 6.07) is 9.32. The maximum Gasteiger partial charge on any atom is 0.259 e. The van der Waals surface area contributed by atoms with E-state index < -0.39 is 0 Å². The van der Waals surface area contributed by atoms with Crippen molar-refractivity contribution in [1.29, 1.82) is 0 Å². The van der Waals surface area contributed by atoms with E-state index in [0.29, 0.717) is 11.3 Å². The van der Waals surface area contributed by atoms with Crippen molar-refractivity contribution in [2.24, 2.45) is 5.84 Å². The fraction of sp³-hybridized carbons (Fsp3) is 0.143. The lowest BCUT2D eigenvalue weighted by molar-refractivity contribution is 0.102. The van der Waals surface area contributed by atoms with E-state index in [1.165, 1.54) is 6.20 Å². The van der Waals surface area contributed by atoms with E-state index in [4.69, 9.17) is 5.84 Å².